The quantitative estimate of drug-likeness (QED) is 0.703. The van der Waals surface area contributed by atoms with Crippen molar-refractivity contribution in [3.8, 4) is 0 Å². The van der Waals surface area contributed by atoms with Crippen molar-refractivity contribution in [2.24, 2.45) is 11.3 Å². The van der Waals surface area contributed by atoms with E-state index in [9.17, 15) is 9.59 Å². The van der Waals surface area contributed by atoms with E-state index in [-0.39, 0.29) is 23.0 Å². The van der Waals surface area contributed by atoms with Crippen LogP contribution >= 0.6 is 0 Å². The van der Waals surface area contributed by atoms with Gasteiger partial charge >= 0.3 is 0 Å². The Morgan fingerprint density at radius 2 is 2.06 bits per heavy atom. The van der Waals surface area contributed by atoms with Gasteiger partial charge in [0.25, 0.3) is 0 Å². The fraction of sp³-hybridized carbons (Fsp3) is 0.857. The van der Waals surface area contributed by atoms with Crippen LogP contribution in [0.3, 0.4) is 0 Å². The van der Waals surface area contributed by atoms with E-state index in [1.807, 2.05) is 13.8 Å². The Morgan fingerprint density at radius 1 is 1.33 bits per heavy atom. The van der Waals surface area contributed by atoms with Gasteiger partial charge in [0.2, 0.25) is 5.91 Å². The van der Waals surface area contributed by atoms with Crippen LogP contribution in [0.25, 0.3) is 0 Å². The van der Waals surface area contributed by atoms with Gasteiger partial charge in [0.1, 0.15) is 0 Å². The second-order valence-electron chi connectivity index (χ2n) is 6.42. The molecule has 0 aromatic heterocycles. The monoisotopic (exact) mass is 252 g/mol. The summed E-state index contributed by atoms with van der Waals surface area (Å²) in [7, 11) is 2.06. The topological polar surface area (TPSA) is 40.6 Å². The molecule has 0 spiro atoms. The summed E-state index contributed by atoms with van der Waals surface area (Å²) in [6.07, 6.45) is 2.84. The van der Waals surface area contributed by atoms with Crippen LogP contribution in [0.4, 0.5) is 0 Å². The molecule has 2 aliphatic heterocycles. The third kappa shape index (κ3) is 2.74. The normalized spacial score (nSPS) is 29.4. The third-order valence-electron chi connectivity index (χ3n) is 4.38. The van der Waals surface area contributed by atoms with E-state index in [1.165, 1.54) is 0 Å². The fourth-order valence-corrected chi connectivity index (χ4v) is 2.83. The summed E-state index contributed by atoms with van der Waals surface area (Å²) in [5.41, 5.74) is -0.250. The lowest BCUT2D eigenvalue weighted by molar-refractivity contribution is -0.146. The number of carbonyl (C=O) groups excluding carboxylic acids is 2. The number of nitrogens with zero attached hydrogens (tertiary/aromatic N) is 2. The summed E-state index contributed by atoms with van der Waals surface area (Å²) < 4.78 is 0. The largest absolute Gasteiger partial charge is 0.335 e. The van der Waals surface area contributed by atoms with Crippen molar-refractivity contribution in [3.05, 3.63) is 0 Å². The van der Waals surface area contributed by atoms with Crippen molar-refractivity contribution < 1.29 is 9.59 Å². The van der Waals surface area contributed by atoms with Gasteiger partial charge in [-0.3, -0.25) is 9.59 Å². The molecule has 0 aromatic carbocycles. The zero-order valence-corrected chi connectivity index (χ0v) is 11.7. The molecule has 0 bridgehead atoms. The molecule has 2 heterocycles. The summed E-state index contributed by atoms with van der Waals surface area (Å²) in [5.74, 6) is 0.481. The van der Waals surface area contributed by atoms with Gasteiger partial charge < -0.3 is 9.80 Å². The molecule has 0 radical (unpaired) electrons. The molecular formula is C14H24N2O2. The van der Waals surface area contributed by atoms with Crippen LogP contribution < -0.4 is 0 Å². The summed E-state index contributed by atoms with van der Waals surface area (Å²) in [4.78, 5) is 28.4. The molecule has 4 nitrogen and oxygen atoms in total. The number of rotatable bonds is 1. The lowest BCUT2D eigenvalue weighted by Crippen LogP contribution is -2.51. The molecule has 1 amide bonds. The van der Waals surface area contributed by atoms with Crippen LogP contribution in [0.1, 0.15) is 33.1 Å². The predicted octanol–water partition coefficient (Wildman–Crippen LogP) is 1.16. The first kappa shape index (κ1) is 13.5. The van der Waals surface area contributed by atoms with E-state index in [1.54, 1.807) is 4.90 Å². The highest BCUT2D eigenvalue weighted by molar-refractivity contribution is 5.91. The number of likely N-dealkylation sites (tertiary alicyclic amines) is 2. The number of carbonyl (C=O) groups is 2. The van der Waals surface area contributed by atoms with Gasteiger partial charge in [-0.05, 0) is 32.9 Å². The molecule has 4 heteroatoms. The van der Waals surface area contributed by atoms with Gasteiger partial charge in [0.05, 0.1) is 12.5 Å². The number of ketones is 1. The molecule has 2 fully saturated rings. The second kappa shape index (κ2) is 5.00. The Morgan fingerprint density at radius 3 is 2.67 bits per heavy atom. The summed E-state index contributed by atoms with van der Waals surface area (Å²) in [6.45, 7) is 6.92. The number of hydrogen-bond acceptors (Lipinski definition) is 3. The fourth-order valence-electron chi connectivity index (χ4n) is 2.83. The zero-order chi connectivity index (χ0) is 13.3. The van der Waals surface area contributed by atoms with E-state index in [0.717, 1.165) is 38.9 Å². The molecule has 18 heavy (non-hydrogen) atoms. The summed E-state index contributed by atoms with van der Waals surface area (Å²) >= 11 is 0. The highest BCUT2D eigenvalue weighted by atomic mass is 16.2. The number of hydrogen-bond donors (Lipinski definition) is 0. The average molecular weight is 252 g/mol. The van der Waals surface area contributed by atoms with Gasteiger partial charge in [0.15, 0.2) is 5.78 Å². The minimum absolute atomic E-state index is 0.0952. The Balaban J connectivity index is 1.96. The van der Waals surface area contributed by atoms with E-state index in [0.29, 0.717) is 6.54 Å². The van der Waals surface area contributed by atoms with Crippen molar-refractivity contribution in [2.75, 3.05) is 33.2 Å². The molecule has 2 aliphatic rings. The maximum absolute atomic E-state index is 12.4. The van der Waals surface area contributed by atoms with Gasteiger partial charge in [-0.1, -0.05) is 13.8 Å². The first-order valence-corrected chi connectivity index (χ1v) is 6.91. The van der Waals surface area contributed by atoms with Crippen LogP contribution in [-0.4, -0.2) is 54.7 Å². The van der Waals surface area contributed by atoms with Crippen LogP contribution in [0.2, 0.25) is 0 Å². The average Bonchev–Trinajstić information content (AvgIpc) is 2.32. The number of amides is 1. The lowest BCUT2D eigenvalue weighted by atomic mass is 9.81. The molecule has 0 saturated carbocycles. The molecule has 102 valence electrons. The van der Waals surface area contributed by atoms with E-state index in [4.69, 9.17) is 0 Å². The summed E-state index contributed by atoms with van der Waals surface area (Å²) in [6, 6.07) is 0. The number of piperidine rings is 2. The van der Waals surface area contributed by atoms with E-state index < -0.39 is 0 Å². The molecule has 0 aromatic rings. The van der Waals surface area contributed by atoms with Crippen LogP contribution in [0.15, 0.2) is 0 Å². The highest BCUT2D eigenvalue weighted by Gasteiger charge is 2.37. The van der Waals surface area contributed by atoms with Gasteiger partial charge in [-0.2, -0.15) is 0 Å². The first-order valence-electron chi connectivity index (χ1n) is 6.91. The van der Waals surface area contributed by atoms with Crippen LogP contribution in [-0.2, 0) is 9.59 Å². The van der Waals surface area contributed by atoms with Crippen LogP contribution in [0.5, 0.6) is 0 Å². The maximum Gasteiger partial charge on any atom is 0.227 e. The minimum Gasteiger partial charge on any atom is -0.335 e. The van der Waals surface area contributed by atoms with Crippen molar-refractivity contribution in [1.82, 2.24) is 9.80 Å². The summed E-state index contributed by atoms with van der Waals surface area (Å²) in [5, 5.41) is 0. The maximum atomic E-state index is 12.4. The first-order chi connectivity index (χ1) is 8.40. The molecule has 2 rings (SSSR count). The Hall–Kier alpha value is -0.900. The van der Waals surface area contributed by atoms with Gasteiger partial charge in [-0.25, -0.2) is 0 Å². The smallest absolute Gasteiger partial charge is 0.227 e. The molecule has 0 N–H and O–H groups in total. The third-order valence-corrected chi connectivity index (χ3v) is 4.38. The zero-order valence-electron chi connectivity index (χ0n) is 11.7. The minimum atomic E-state index is -0.250. The molecule has 1 unspecified atom stereocenters. The Kier molecular flexibility index (Phi) is 3.76. The molecular weight excluding hydrogens is 228 g/mol. The van der Waals surface area contributed by atoms with Gasteiger partial charge in [0, 0.05) is 18.5 Å². The van der Waals surface area contributed by atoms with Crippen molar-refractivity contribution in [2.45, 2.75) is 33.1 Å². The Labute approximate surface area is 109 Å². The SMILES string of the molecule is CN1CCCC(C(=O)N2CCC(C)(C)C(=O)C2)C1. The standard InChI is InChI=1S/C14H24N2O2/c1-14(2)6-8-16(10-12(14)17)13(18)11-5-4-7-15(3)9-11/h11H,4-10H2,1-3H3. The van der Waals surface area contributed by atoms with Crippen LogP contribution in [0, 0.1) is 11.3 Å². The van der Waals surface area contributed by atoms with Crippen molar-refractivity contribution in [3.63, 3.8) is 0 Å². The molecule has 2 saturated heterocycles. The van der Waals surface area contributed by atoms with Gasteiger partial charge in [-0.15, -0.1) is 0 Å². The molecule has 0 aliphatic carbocycles. The second-order valence-corrected chi connectivity index (χ2v) is 6.42. The number of Topliss-reactive ketones (excluding diaryl/α,β-unsaturated/α-hetero) is 1. The lowest BCUT2D eigenvalue weighted by Gasteiger charge is -2.38. The Bertz CT molecular complexity index is 352. The predicted molar refractivity (Wildman–Crippen MR) is 70.2 cm³/mol. The van der Waals surface area contributed by atoms with Crippen molar-refractivity contribution in [1.29, 1.82) is 0 Å². The van der Waals surface area contributed by atoms with E-state index >= 15 is 0 Å². The highest BCUT2D eigenvalue weighted by Crippen LogP contribution is 2.28. The van der Waals surface area contributed by atoms with Crippen molar-refractivity contribution >= 4 is 11.7 Å². The van der Waals surface area contributed by atoms with E-state index in [2.05, 4.69) is 11.9 Å². The molecule has 1 atom stereocenters.